The Morgan fingerprint density at radius 3 is 2.51 bits per heavy atom. The third kappa shape index (κ3) is 3.31. The van der Waals surface area contributed by atoms with Crippen LogP contribution >= 0.6 is 0 Å². The van der Waals surface area contributed by atoms with Crippen molar-refractivity contribution in [2.45, 2.75) is 0 Å². The molecule has 0 radical (unpaired) electrons. The van der Waals surface area contributed by atoms with Crippen molar-refractivity contribution >= 4 is 49.4 Å². The highest BCUT2D eigenvalue weighted by molar-refractivity contribution is 6.13. The third-order valence-electron chi connectivity index (χ3n) is 6.71. The van der Waals surface area contributed by atoms with Crippen molar-refractivity contribution in [3.8, 4) is 28.5 Å². The molecule has 7 rings (SSSR count). The van der Waals surface area contributed by atoms with Gasteiger partial charge in [-0.25, -0.2) is 9.83 Å². The first-order valence-electron chi connectivity index (χ1n) is 11.7. The molecule has 3 heterocycles. The summed E-state index contributed by atoms with van der Waals surface area (Å²) >= 11 is 0. The van der Waals surface area contributed by atoms with Crippen LogP contribution in [0.2, 0.25) is 0 Å². The zero-order chi connectivity index (χ0) is 24.9. The molecular weight excluding hydrogens is 456 g/mol. The zero-order valence-corrected chi connectivity index (χ0v) is 19.4. The number of hydrogen-bond donors (Lipinski definition) is 0. The largest absolute Gasteiger partial charge is 0.456 e. The predicted octanol–water partition coefficient (Wildman–Crippen LogP) is 8.44. The minimum absolute atomic E-state index is 0.431. The van der Waals surface area contributed by atoms with Gasteiger partial charge in [0.05, 0.1) is 29.4 Å². The molecule has 0 saturated heterocycles. The van der Waals surface area contributed by atoms with E-state index in [1.807, 2.05) is 60.7 Å². The van der Waals surface area contributed by atoms with E-state index in [0.29, 0.717) is 11.3 Å². The molecule has 0 N–H and O–H groups in total. The average molecular weight is 473 g/mol. The number of hydrogen-bond acceptors (Lipinski definition) is 4. The Kier molecular flexibility index (Phi) is 4.51. The Hall–Kier alpha value is -5.52. The quantitative estimate of drug-likeness (QED) is 0.187. The van der Waals surface area contributed by atoms with Crippen LogP contribution in [-0.2, 0) is 0 Å². The fraction of sp³-hybridized carbons (Fsp3) is 0. The number of aromatic nitrogens is 2. The number of pyridine rings is 2. The van der Waals surface area contributed by atoms with Crippen LogP contribution in [0.15, 0.2) is 102 Å². The number of furan rings is 1. The average Bonchev–Trinajstić information content (AvgIpc) is 3.34. The van der Waals surface area contributed by atoms with Crippen LogP contribution in [0.4, 0.5) is 5.69 Å². The van der Waals surface area contributed by atoms with E-state index in [0.717, 1.165) is 66.1 Å². The van der Waals surface area contributed by atoms with E-state index in [-0.39, 0.29) is 0 Å². The maximum Gasteiger partial charge on any atom is 0.189 e. The van der Waals surface area contributed by atoms with Gasteiger partial charge in [0.2, 0.25) is 0 Å². The van der Waals surface area contributed by atoms with Crippen LogP contribution in [0.1, 0.15) is 5.56 Å². The summed E-state index contributed by atoms with van der Waals surface area (Å²) < 4.78 is 6.19. The lowest BCUT2D eigenvalue weighted by molar-refractivity contribution is 0.669. The van der Waals surface area contributed by atoms with Crippen molar-refractivity contribution in [3.05, 3.63) is 114 Å². The minimum Gasteiger partial charge on any atom is -0.456 e. The molecular formula is C32H16N4O. The van der Waals surface area contributed by atoms with E-state index < -0.39 is 0 Å². The number of nitrogens with zero attached hydrogens (tertiary/aromatic N) is 4. The van der Waals surface area contributed by atoms with Crippen molar-refractivity contribution in [3.63, 3.8) is 0 Å². The first-order valence-corrected chi connectivity index (χ1v) is 11.7. The van der Waals surface area contributed by atoms with Gasteiger partial charge in [0.15, 0.2) is 5.69 Å². The summed E-state index contributed by atoms with van der Waals surface area (Å²) in [5.74, 6) is 0. The van der Waals surface area contributed by atoms with Crippen molar-refractivity contribution < 1.29 is 4.42 Å². The van der Waals surface area contributed by atoms with Gasteiger partial charge < -0.3 is 4.42 Å². The SMILES string of the molecule is [C-]#[N+]c1cc(C#N)cc(-c2cccc3oc4ccc(-c5ccc6ccc7cccnc7c6n5)cc4c23)c1. The summed E-state index contributed by atoms with van der Waals surface area (Å²) in [5, 5.41) is 13.5. The molecule has 0 aliphatic heterocycles. The molecule has 0 unspecified atom stereocenters. The highest BCUT2D eigenvalue weighted by Gasteiger charge is 2.15. The van der Waals surface area contributed by atoms with Crippen LogP contribution in [0.5, 0.6) is 0 Å². The number of benzene rings is 4. The van der Waals surface area contributed by atoms with E-state index in [4.69, 9.17) is 16.0 Å². The lowest BCUT2D eigenvalue weighted by Gasteiger charge is -2.07. The normalized spacial score (nSPS) is 11.2. The molecule has 0 bridgehead atoms. The zero-order valence-electron chi connectivity index (χ0n) is 19.4. The molecule has 3 aromatic heterocycles. The fourth-order valence-corrected chi connectivity index (χ4v) is 5.01. The van der Waals surface area contributed by atoms with Gasteiger partial charge in [-0.2, -0.15) is 5.26 Å². The van der Waals surface area contributed by atoms with E-state index in [9.17, 15) is 5.26 Å². The van der Waals surface area contributed by atoms with Gasteiger partial charge in [0.1, 0.15) is 11.2 Å². The van der Waals surface area contributed by atoms with Gasteiger partial charge in [-0.15, -0.1) is 0 Å². The van der Waals surface area contributed by atoms with Gasteiger partial charge >= 0.3 is 0 Å². The maximum absolute atomic E-state index is 9.49. The topological polar surface area (TPSA) is 67.1 Å². The Morgan fingerprint density at radius 2 is 1.65 bits per heavy atom. The van der Waals surface area contributed by atoms with Crippen LogP contribution in [0.3, 0.4) is 0 Å². The molecule has 170 valence electrons. The molecule has 0 spiro atoms. The highest BCUT2D eigenvalue weighted by Crippen LogP contribution is 2.39. The first kappa shape index (κ1) is 20.8. The molecule has 0 aliphatic carbocycles. The fourth-order valence-electron chi connectivity index (χ4n) is 5.01. The number of fused-ring (bicyclic) bond motifs is 6. The van der Waals surface area contributed by atoms with Crippen LogP contribution in [-0.4, -0.2) is 9.97 Å². The molecule has 0 saturated carbocycles. The summed E-state index contributed by atoms with van der Waals surface area (Å²) in [6, 6.07) is 31.6. The molecule has 0 aliphatic rings. The van der Waals surface area contributed by atoms with Gasteiger partial charge in [-0.1, -0.05) is 36.4 Å². The first-order chi connectivity index (χ1) is 18.2. The Balaban J connectivity index is 1.47. The van der Waals surface area contributed by atoms with Gasteiger partial charge in [-0.3, -0.25) is 4.98 Å². The molecule has 0 fully saturated rings. The van der Waals surface area contributed by atoms with E-state index in [1.165, 1.54) is 0 Å². The standard InChI is InChI=1S/C32H16N4O/c1-34-24-15-19(18-33)14-23(16-24)25-5-2-6-29-30(25)26-17-22(10-12-28(26)37-29)27-11-9-21-8-7-20-4-3-13-35-31(20)32(21)36-27/h2-17H. The van der Waals surface area contributed by atoms with Crippen molar-refractivity contribution in [1.82, 2.24) is 9.97 Å². The monoisotopic (exact) mass is 472 g/mol. The maximum atomic E-state index is 9.49. The number of rotatable bonds is 2. The second-order valence-corrected chi connectivity index (χ2v) is 8.89. The molecule has 5 nitrogen and oxygen atoms in total. The van der Waals surface area contributed by atoms with Gasteiger partial charge in [0, 0.05) is 38.9 Å². The lowest BCUT2D eigenvalue weighted by atomic mass is 9.96. The summed E-state index contributed by atoms with van der Waals surface area (Å²) in [7, 11) is 0. The van der Waals surface area contributed by atoms with Crippen molar-refractivity contribution in [2.75, 3.05) is 0 Å². The van der Waals surface area contributed by atoms with Crippen LogP contribution in [0.25, 0.3) is 71.0 Å². The summed E-state index contributed by atoms with van der Waals surface area (Å²) in [5.41, 5.74) is 7.69. The third-order valence-corrected chi connectivity index (χ3v) is 6.71. The van der Waals surface area contributed by atoms with E-state index >= 15 is 0 Å². The smallest absolute Gasteiger partial charge is 0.189 e. The van der Waals surface area contributed by atoms with Crippen LogP contribution < -0.4 is 0 Å². The number of nitriles is 1. The second kappa shape index (κ2) is 8.02. The summed E-state index contributed by atoms with van der Waals surface area (Å²) in [6.45, 7) is 7.46. The second-order valence-electron chi connectivity index (χ2n) is 8.89. The predicted molar refractivity (Wildman–Crippen MR) is 146 cm³/mol. The molecule has 5 heteroatoms. The minimum atomic E-state index is 0.431. The van der Waals surface area contributed by atoms with E-state index in [2.05, 4.69) is 40.2 Å². The van der Waals surface area contributed by atoms with Crippen LogP contribution in [0, 0.1) is 17.9 Å². The summed E-state index contributed by atoms with van der Waals surface area (Å²) in [4.78, 5) is 13.1. The highest BCUT2D eigenvalue weighted by atomic mass is 16.3. The van der Waals surface area contributed by atoms with Gasteiger partial charge in [-0.05, 0) is 65.7 Å². The molecule has 0 amide bonds. The van der Waals surface area contributed by atoms with Gasteiger partial charge in [0.25, 0.3) is 0 Å². The Labute approximate surface area is 211 Å². The Bertz CT molecular complexity index is 2090. The van der Waals surface area contributed by atoms with E-state index in [1.54, 1.807) is 12.3 Å². The molecule has 37 heavy (non-hydrogen) atoms. The molecule has 4 aromatic carbocycles. The van der Waals surface area contributed by atoms with Crippen molar-refractivity contribution in [1.29, 1.82) is 5.26 Å². The van der Waals surface area contributed by atoms with Crippen molar-refractivity contribution in [2.24, 2.45) is 0 Å². The Morgan fingerprint density at radius 1 is 0.784 bits per heavy atom. The molecule has 0 atom stereocenters. The summed E-state index contributed by atoms with van der Waals surface area (Å²) in [6.07, 6.45) is 1.79. The lowest BCUT2D eigenvalue weighted by Crippen LogP contribution is -1.88. The molecule has 7 aromatic rings.